The normalized spacial score (nSPS) is 25.3. The van der Waals surface area contributed by atoms with Crippen molar-refractivity contribution in [3.63, 3.8) is 0 Å². The minimum atomic E-state index is 0.257. The van der Waals surface area contributed by atoms with Gasteiger partial charge in [-0.2, -0.15) is 0 Å². The van der Waals surface area contributed by atoms with Gasteiger partial charge >= 0.3 is 0 Å². The second kappa shape index (κ2) is 4.11. The Morgan fingerprint density at radius 1 is 1.35 bits per heavy atom. The van der Waals surface area contributed by atoms with Gasteiger partial charge in [0.15, 0.2) is 0 Å². The first-order chi connectivity index (χ1) is 8.27. The van der Waals surface area contributed by atoms with Crippen LogP contribution in [0.4, 0.5) is 0 Å². The van der Waals surface area contributed by atoms with Gasteiger partial charge in [0.2, 0.25) is 0 Å². The maximum Gasteiger partial charge on any atom is 0.114 e. The maximum atomic E-state index is 6.23. The number of pyridine rings is 1. The lowest BCUT2D eigenvalue weighted by atomic mass is 9.84. The number of aromatic nitrogens is 3. The van der Waals surface area contributed by atoms with Crippen LogP contribution in [0.3, 0.4) is 0 Å². The molecule has 2 heterocycles. The van der Waals surface area contributed by atoms with E-state index in [1.54, 1.807) is 0 Å². The monoisotopic (exact) mass is 230 g/mol. The fourth-order valence-corrected chi connectivity index (χ4v) is 2.88. The van der Waals surface area contributed by atoms with Crippen LogP contribution in [0, 0.1) is 0 Å². The van der Waals surface area contributed by atoms with Crippen molar-refractivity contribution in [1.29, 1.82) is 0 Å². The van der Waals surface area contributed by atoms with E-state index in [-0.39, 0.29) is 6.04 Å². The standard InChI is InChI=1S/C13H18N4/c1-17-12-6-7-15-8-11(12)16-13(17)9-4-2-3-5-10(9)14/h6-10H,2-5,14H2,1H3. The molecule has 2 aromatic heterocycles. The zero-order valence-electron chi connectivity index (χ0n) is 10.1. The van der Waals surface area contributed by atoms with Gasteiger partial charge in [-0.25, -0.2) is 4.98 Å². The van der Waals surface area contributed by atoms with E-state index in [4.69, 9.17) is 10.7 Å². The fraction of sp³-hybridized carbons (Fsp3) is 0.538. The number of nitrogens with two attached hydrogens (primary N) is 1. The number of hydrogen-bond donors (Lipinski definition) is 1. The lowest BCUT2D eigenvalue weighted by Gasteiger charge is -2.27. The molecule has 2 unspecified atom stereocenters. The largest absolute Gasteiger partial charge is 0.331 e. The molecule has 2 N–H and O–H groups in total. The third-order valence-electron chi connectivity index (χ3n) is 3.87. The number of nitrogens with zero attached hydrogens (tertiary/aromatic N) is 3. The smallest absolute Gasteiger partial charge is 0.114 e. The summed E-state index contributed by atoms with van der Waals surface area (Å²) in [6.45, 7) is 0. The molecular weight excluding hydrogens is 212 g/mol. The molecule has 1 aliphatic rings. The number of imidazole rings is 1. The average Bonchev–Trinajstić information content (AvgIpc) is 2.68. The Morgan fingerprint density at radius 3 is 2.94 bits per heavy atom. The van der Waals surface area contributed by atoms with Crippen molar-refractivity contribution in [3.05, 3.63) is 24.3 Å². The SMILES string of the molecule is Cn1c(C2CCCCC2N)nc2cnccc21. The van der Waals surface area contributed by atoms with Gasteiger partial charge in [-0.05, 0) is 18.9 Å². The summed E-state index contributed by atoms with van der Waals surface area (Å²) in [5.74, 6) is 1.53. The molecule has 0 saturated heterocycles. The van der Waals surface area contributed by atoms with Crippen molar-refractivity contribution in [2.75, 3.05) is 0 Å². The molecule has 0 amide bonds. The molecule has 4 nitrogen and oxygen atoms in total. The van der Waals surface area contributed by atoms with E-state index in [9.17, 15) is 0 Å². The molecular formula is C13H18N4. The van der Waals surface area contributed by atoms with Crippen molar-refractivity contribution in [2.45, 2.75) is 37.6 Å². The highest BCUT2D eigenvalue weighted by molar-refractivity contribution is 5.74. The Bertz CT molecular complexity index is 531. The Labute approximate surface area is 101 Å². The first-order valence-corrected chi connectivity index (χ1v) is 6.29. The first-order valence-electron chi connectivity index (χ1n) is 6.29. The van der Waals surface area contributed by atoms with Crippen molar-refractivity contribution in [2.24, 2.45) is 12.8 Å². The van der Waals surface area contributed by atoms with Gasteiger partial charge in [-0.3, -0.25) is 4.98 Å². The van der Waals surface area contributed by atoms with E-state index in [0.29, 0.717) is 5.92 Å². The van der Waals surface area contributed by atoms with E-state index in [1.165, 1.54) is 12.8 Å². The van der Waals surface area contributed by atoms with E-state index in [2.05, 4.69) is 16.6 Å². The molecule has 4 heteroatoms. The molecule has 0 bridgehead atoms. The highest BCUT2D eigenvalue weighted by Gasteiger charge is 2.27. The van der Waals surface area contributed by atoms with Gasteiger partial charge in [0.1, 0.15) is 11.3 Å². The zero-order chi connectivity index (χ0) is 11.8. The summed E-state index contributed by atoms with van der Waals surface area (Å²) in [6, 6.07) is 2.27. The Balaban J connectivity index is 2.07. The zero-order valence-corrected chi connectivity index (χ0v) is 10.1. The number of aryl methyl sites for hydroxylation is 1. The lowest BCUT2D eigenvalue weighted by molar-refractivity contribution is 0.368. The second-order valence-corrected chi connectivity index (χ2v) is 4.95. The van der Waals surface area contributed by atoms with Crippen molar-refractivity contribution >= 4 is 11.0 Å². The molecule has 2 atom stereocenters. The van der Waals surface area contributed by atoms with Crippen LogP contribution in [-0.2, 0) is 7.05 Å². The third-order valence-corrected chi connectivity index (χ3v) is 3.87. The molecule has 0 aromatic carbocycles. The van der Waals surface area contributed by atoms with Crippen LogP contribution in [0.2, 0.25) is 0 Å². The summed E-state index contributed by atoms with van der Waals surface area (Å²) in [4.78, 5) is 8.83. The molecule has 0 aliphatic heterocycles. The van der Waals surface area contributed by atoms with Gasteiger partial charge < -0.3 is 10.3 Å². The molecule has 3 rings (SSSR count). The van der Waals surface area contributed by atoms with Gasteiger partial charge in [0.05, 0.1) is 11.7 Å². The van der Waals surface area contributed by atoms with Crippen molar-refractivity contribution in [1.82, 2.24) is 14.5 Å². The summed E-state index contributed by atoms with van der Waals surface area (Å²) in [6.07, 6.45) is 8.43. The number of hydrogen-bond acceptors (Lipinski definition) is 3. The molecule has 17 heavy (non-hydrogen) atoms. The Morgan fingerprint density at radius 2 is 2.18 bits per heavy atom. The number of rotatable bonds is 1. The lowest BCUT2D eigenvalue weighted by Crippen LogP contribution is -2.32. The fourth-order valence-electron chi connectivity index (χ4n) is 2.88. The van der Waals surface area contributed by atoms with Gasteiger partial charge in [0, 0.05) is 25.2 Å². The highest BCUT2D eigenvalue weighted by atomic mass is 15.1. The molecule has 1 fully saturated rings. The highest BCUT2D eigenvalue weighted by Crippen LogP contribution is 2.32. The summed E-state index contributed by atoms with van der Waals surface area (Å²) in [5.41, 5.74) is 8.35. The summed E-state index contributed by atoms with van der Waals surface area (Å²) in [7, 11) is 2.08. The summed E-state index contributed by atoms with van der Waals surface area (Å²) >= 11 is 0. The second-order valence-electron chi connectivity index (χ2n) is 4.95. The molecule has 2 aromatic rings. The van der Waals surface area contributed by atoms with Crippen LogP contribution in [0.25, 0.3) is 11.0 Å². The van der Waals surface area contributed by atoms with Crippen molar-refractivity contribution in [3.8, 4) is 0 Å². The van der Waals surface area contributed by atoms with E-state index >= 15 is 0 Å². The topological polar surface area (TPSA) is 56.7 Å². The molecule has 1 saturated carbocycles. The van der Waals surface area contributed by atoms with Crippen LogP contribution in [0.1, 0.15) is 37.4 Å². The third kappa shape index (κ3) is 1.72. The first kappa shape index (κ1) is 10.7. The van der Waals surface area contributed by atoms with Gasteiger partial charge in [-0.15, -0.1) is 0 Å². The predicted molar refractivity (Wildman–Crippen MR) is 67.7 cm³/mol. The van der Waals surface area contributed by atoms with Crippen molar-refractivity contribution < 1.29 is 0 Å². The van der Waals surface area contributed by atoms with Gasteiger partial charge in [-0.1, -0.05) is 12.8 Å². The maximum absolute atomic E-state index is 6.23. The van der Waals surface area contributed by atoms with E-state index in [0.717, 1.165) is 29.7 Å². The molecule has 0 radical (unpaired) electrons. The Hall–Kier alpha value is -1.42. The van der Waals surface area contributed by atoms with Crippen LogP contribution >= 0.6 is 0 Å². The molecule has 90 valence electrons. The number of fused-ring (bicyclic) bond motifs is 1. The summed E-state index contributed by atoms with van der Waals surface area (Å²) in [5, 5.41) is 0. The van der Waals surface area contributed by atoms with Gasteiger partial charge in [0.25, 0.3) is 0 Å². The molecule has 0 spiro atoms. The van der Waals surface area contributed by atoms with Crippen LogP contribution in [0.15, 0.2) is 18.5 Å². The van der Waals surface area contributed by atoms with E-state index < -0.39 is 0 Å². The quantitative estimate of drug-likeness (QED) is 0.814. The van der Waals surface area contributed by atoms with Crippen LogP contribution < -0.4 is 5.73 Å². The van der Waals surface area contributed by atoms with Crippen LogP contribution in [0.5, 0.6) is 0 Å². The minimum absolute atomic E-state index is 0.257. The Kier molecular flexibility index (Phi) is 2.59. The average molecular weight is 230 g/mol. The van der Waals surface area contributed by atoms with Crippen LogP contribution in [-0.4, -0.2) is 20.6 Å². The molecule has 1 aliphatic carbocycles. The predicted octanol–water partition coefficient (Wildman–Crippen LogP) is 1.95. The van der Waals surface area contributed by atoms with E-state index in [1.807, 2.05) is 18.5 Å². The summed E-state index contributed by atoms with van der Waals surface area (Å²) < 4.78 is 2.17. The minimum Gasteiger partial charge on any atom is -0.331 e.